The molecule has 96 valence electrons. The van der Waals surface area contributed by atoms with Crippen molar-refractivity contribution in [3.63, 3.8) is 0 Å². The summed E-state index contributed by atoms with van der Waals surface area (Å²) in [5.41, 5.74) is 10.6. The Balaban J connectivity index is 2.34. The fourth-order valence-electron chi connectivity index (χ4n) is 2.48. The summed E-state index contributed by atoms with van der Waals surface area (Å²) in [5, 5.41) is 0. The number of nitrogens with zero attached hydrogens (tertiary/aromatic N) is 1. The highest BCUT2D eigenvalue weighted by Gasteiger charge is 2.20. The van der Waals surface area contributed by atoms with Crippen molar-refractivity contribution >= 4 is 0 Å². The van der Waals surface area contributed by atoms with E-state index in [1.165, 1.54) is 5.70 Å². The van der Waals surface area contributed by atoms with Crippen molar-refractivity contribution in [3.05, 3.63) is 59.7 Å². The van der Waals surface area contributed by atoms with Crippen molar-refractivity contribution in [1.29, 1.82) is 0 Å². The van der Waals surface area contributed by atoms with Gasteiger partial charge in [-0.05, 0) is 44.3 Å². The average Bonchev–Trinajstić information content (AvgIpc) is 2.33. The third kappa shape index (κ3) is 2.58. The minimum absolute atomic E-state index is 0.529. The third-order valence-corrected chi connectivity index (χ3v) is 3.36. The molecular formula is C16H22N2. The quantitative estimate of drug-likeness (QED) is 0.815. The van der Waals surface area contributed by atoms with Gasteiger partial charge in [-0.3, -0.25) is 0 Å². The Morgan fingerprint density at radius 2 is 2.28 bits per heavy atom. The van der Waals surface area contributed by atoms with E-state index in [0.717, 1.165) is 36.4 Å². The Hall–Kier alpha value is -1.70. The molecule has 0 saturated carbocycles. The van der Waals surface area contributed by atoms with E-state index in [9.17, 15) is 0 Å². The van der Waals surface area contributed by atoms with E-state index in [0.29, 0.717) is 5.92 Å². The van der Waals surface area contributed by atoms with E-state index < -0.39 is 0 Å². The van der Waals surface area contributed by atoms with E-state index >= 15 is 0 Å². The fraction of sp³-hybridized carbons (Fsp3) is 0.375. The molecule has 0 aromatic carbocycles. The first-order valence-electron chi connectivity index (χ1n) is 6.57. The molecule has 0 aromatic heterocycles. The number of hydrogen-bond donors (Lipinski definition) is 1. The SMILES string of the molecule is C=C(C)N(C1=CC=CCC1)C1=C(N)CC(C)C=C1. The van der Waals surface area contributed by atoms with Crippen LogP contribution in [0, 0.1) is 5.92 Å². The second-order valence-electron chi connectivity index (χ2n) is 5.15. The smallest absolute Gasteiger partial charge is 0.0639 e. The molecular weight excluding hydrogens is 220 g/mol. The van der Waals surface area contributed by atoms with Crippen molar-refractivity contribution < 1.29 is 0 Å². The zero-order valence-electron chi connectivity index (χ0n) is 11.3. The summed E-state index contributed by atoms with van der Waals surface area (Å²) in [6, 6.07) is 0. The summed E-state index contributed by atoms with van der Waals surface area (Å²) in [6.07, 6.45) is 13.9. The molecule has 2 aliphatic carbocycles. The lowest BCUT2D eigenvalue weighted by molar-refractivity contribution is 0.497. The third-order valence-electron chi connectivity index (χ3n) is 3.36. The standard InChI is InChI=1S/C16H22N2/c1-12(2)18(14-7-5-4-6-8-14)16-10-9-13(3)11-15(16)17/h4-5,7,9-10,13H,1,6,8,11,17H2,2-3H3. The first-order chi connectivity index (χ1) is 8.59. The number of allylic oxidation sites excluding steroid dienone is 8. The zero-order valence-corrected chi connectivity index (χ0v) is 11.3. The van der Waals surface area contributed by atoms with Gasteiger partial charge >= 0.3 is 0 Å². The van der Waals surface area contributed by atoms with E-state index in [-0.39, 0.29) is 0 Å². The first kappa shape index (κ1) is 12.7. The van der Waals surface area contributed by atoms with E-state index in [2.05, 4.69) is 48.8 Å². The molecule has 0 radical (unpaired) electrons. The Bertz CT molecular complexity index is 463. The largest absolute Gasteiger partial charge is 0.400 e. The van der Waals surface area contributed by atoms with Crippen LogP contribution in [0.25, 0.3) is 0 Å². The van der Waals surface area contributed by atoms with E-state index in [1.54, 1.807) is 0 Å². The highest BCUT2D eigenvalue weighted by atomic mass is 15.2. The molecule has 0 aromatic rings. The maximum Gasteiger partial charge on any atom is 0.0639 e. The summed E-state index contributed by atoms with van der Waals surface area (Å²) >= 11 is 0. The summed E-state index contributed by atoms with van der Waals surface area (Å²) in [7, 11) is 0. The second kappa shape index (κ2) is 5.30. The maximum absolute atomic E-state index is 6.22. The van der Waals surface area contributed by atoms with Crippen LogP contribution in [0.5, 0.6) is 0 Å². The summed E-state index contributed by atoms with van der Waals surface area (Å²) in [4.78, 5) is 2.20. The molecule has 2 N–H and O–H groups in total. The highest BCUT2D eigenvalue weighted by Crippen LogP contribution is 2.30. The molecule has 2 nitrogen and oxygen atoms in total. The van der Waals surface area contributed by atoms with Gasteiger partial charge in [0, 0.05) is 17.1 Å². The first-order valence-corrected chi connectivity index (χ1v) is 6.57. The van der Waals surface area contributed by atoms with E-state index in [1.807, 2.05) is 6.92 Å². The zero-order chi connectivity index (χ0) is 13.1. The lowest BCUT2D eigenvalue weighted by atomic mass is 9.97. The monoisotopic (exact) mass is 242 g/mol. The van der Waals surface area contributed by atoms with Gasteiger partial charge in [0.1, 0.15) is 0 Å². The lowest BCUT2D eigenvalue weighted by Crippen LogP contribution is -2.25. The van der Waals surface area contributed by atoms with Gasteiger partial charge in [-0.15, -0.1) is 0 Å². The minimum atomic E-state index is 0.529. The molecule has 0 amide bonds. The van der Waals surface area contributed by atoms with Gasteiger partial charge < -0.3 is 10.6 Å². The van der Waals surface area contributed by atoms with Crippen molar-refractivity contribution in [2.45, 2.75) is 33.1 Å². The molecule has 2 heteroatoms. The second-order valence-corrected chi connectivity index (χ2v) is 5.15. The van der Waals surface area contributed by atoms with Gasteiger partial charge in [0.2, 0.25) is 0 Å². The molecule has 1 atom stereocenters. The Kier molecular flexibility index (Phi) is 3.75. The molecule has 0 fully saturated rings. The highest BCUT2D eigenvalue weighted by molar-refractivity contribution is 5.36. The summed E-state index contributed by atoms with van der Waals surface area (Å²) < 4.78 is 0. The number of hydrogen-bond acceptors (Lipinski definition) is 2. The maximum atomic E-state index is 6.22. The Morgan fingerprint density at radius 3 is 2.83 bits per heavy atom. The molecule has 0 saturated heterocycles. The Labute approximate surface area is 110 Å². The molecule has 0 bridgehead atoms. The van der Waals surface area contributed by atoms with Gasteiger partial charge in [-0.2, -0.15) is 0 Å². The van der Waals surface area contributed by atoms with Crippen molar-refractivity contribution in [2.75, 3.05) is 0 Å². The lowest BCUT2D eigenvalue weighted by Gasteiger charge is -2.32. The molecule has 0 heterocycles. The molecule has 0 aliphatic heterocycles. The van der Waals surface area contributed by atoms with Crippen molar-refractivity contribution in [3.8, 4) is 0 Å². The molecule has 18 heavy (non-hydrogen) atoms. The van der Waals surface area contributed by atoms with E-state index in [4.69, 9.17) is 5.73 Å². The van der Waals surface area contributed by atoms with Crippen LogP contribution in [0.2, 0.25) is 0 Å². The molecule has 2 aliphatic rings. The summed E-state index contributed by atoms with van der Waals surface area (Å²) in [6.45, 7) is 8.32. The van der Waals surface area contributed by atoms with Gasteiger partial charge in [0.15, 0.2) is 0 Å². The van der Waals surface area contributed by atoms with Crippen LogP contribution >= 0.6 is 0 Å². The topological polar surface area (TPSA) is 29.3 Å². The van der Waals surface area contributed by atoms with Crippen molar-refractivity contribution in [1.82, 2.24) is 4.90 Å². The Morgan fingerprint density at radius 1 is 1.50 bits per heavy atom. The van der Waals surface area contributed by atoms with Crippen LogP contribution in [0.4, 0.5) is 0 Å². The number of rotatable bonds is 3. The molecule has 2 rings (SSSR count). The van der Waals surface area contributed by atoms with Gasteiger partial charge in [0.25, 0.3) is 0 Å². The van der Waals surface area contributed by atoms with Crippen LogP contribution in [0.3, 0.4) is 0 Å². The number of nitrogens with two attached hydrogens (primary N) is 1. The van der Waals surface area contributed by atoms with Gasteiger partial charge in [-0.25, -0.2) is 0 Å². The van der Waals surface area contributed by atoms with Gasteiger partial charge in [0.05, 0.1) is 5.70 Å². The van der Waals surface area contributed by atoms with Crippen LogP contribution in [0.1, 0.15) is 33.1 Å². The van der Waals surface area contributed by atoms with Crippen LogP contribution < -0.4 is 5.73 Å². The van der Waals surface area contributed by atoms with Crippen molar-refractivity contribution in [2.24, 2.45) is 11.7 Å². The molecule has 0 spiro atoms. The normalized spacial score (nSPS) is 23.0. The predicted octanol–water partition coefficient (Wildman–Crippen LogP) is 3.82. The minimum Gasteiger partial charge on any atom is -0.400 e. The summed E-state index contributed by atoms with van der Waals surface area (Å²) in [5.74, 6) is 0.529. The molecule has 1 unspecified atom stereocenters. The fourth-order valence-corrected chi connectivity index (χ4v) is 2.48. The predicted molar refractivity (Wildman–Crippen MR) is 77.2 cm³/mol. The average molecular weight is 242 g/mol. The van der Waals surface area contributed by atoms with Crippen LogP contribution in [0.15, 0.2) is 59.7 Å². The van der Waals surface area contributed by atoms with Crippen LogP contribution in [-0.4, -0.2) is 4.90 Å². The van der Waals surface area contributed by atoms with Gasteiger partial charge in [-0.1, -0.05) is 31.7 Å². The van der Waals surface area contributed by atoms with Crippen LogP contribution in [-0.2, 0) is 0 Å².